The zero-order chi connectivity index (χ0) is 18.4. The fraction of sp³-hybridized carbons (Fsp3) is 0.389. The van der Waals surface area contributed by atoms with Crippen LogP contribution in [0.25, 0.3) is 0 Å². The number of carbonyl (C=O) groups is 1. The van der Waals surface area contributed by atoms with Gasteiger partial charge < -0.3 is 15.4 Å². The Morgan fingerprint density at radius 2 is 1.96 bits per heavy atom. The Hall–Kier alpha value is -2.18. The third-order valence-electron chi connectivity index (χ3n) is 3.57. The molecule has 0 atom stereocenters. The van der Waals surface area contributed by atoms with Crippen LogP contribution in [0.15, 0.2) is 18.2 Å². The van der Waals surface area contributed by atoms with Crippen LogP contribution in [0, 0.1) is 20.8 Å². The van der Waals surface area contributed by atoms with E-state index < -0.39 is 0 Å². The molecule has 0 unspecified atom stereocenters. The summed E-state index contributed by atoms with van der Waals surface area (Å²) in [5, 5.41) is 6.53. The van der Waals surface area contributed by atoms with Gasteiger partial charge in [0.05, 0.1) is 10.7 Å². The van der Waals surface area contributed by atoms with Crippen LogP contribution in [0.5, 0.6) is 0 Å². The molecule has 0 saturated heterocycles. The van der Waals surface area contributed by atoms with Crippen molar-refractivity contribution in [2.45, 2.75) is 27.2 Å². The molecule has 2 rings (SSSR count). The zero-order valence-corrected chi connectivity index (χ0v) is 15.7. The lowest BCUT2D eigenvalue weighted by molar-refractivity contribution is 0.102. The van der Waals surface area contributed by atoms with Crippen molar-refractivity contribution in [1.82, 2.24) is 9.97 Å². The lowest BCUT2D eigenvalue weighted by atomic mass is 10.1. The van der Waals surface area contributed by atoms with Crippen molar-refractivity contribution < 1.29 is 9.53 Å². The highest BCUT2D eigenvalue weighted by Crippen LogP contribution is 2.27. The second kappa shape index (κ2) is 8.78. The van der Waals surface area contributed by atoms with Gasteiger partial charge in [-0.2, -0.15) is 0 Å². The molecule has 1 amide bonds. The Balaban J connectivity index is 2.15. The molecule has 134 valence electrons. The van der Waals surface area contributed by atoms with Gasteiger partial charge in [0.2, 0.25) is 0 Å². The molecule has 7 heteroatoms. The van der Waals surface area contributed by atoms with Crippen LogP contribution in [0.1, 0.15) is 33.9 Å². The van der Waals surface area contributed by atoms with Crippen LogP contribution < -0.4 is 10.6 Å². The van der Waals surface area contributed by atoms with Gasteiger partial charge in [0.1, 0.15) is 17.3 Å². The molecule has 1 aromatic heterocycles. The van der Waals surface area contributed by atoms with Crippen molar-refractivity contribution >= 4 is 29.0 Å². The topological polar surface area (TPSA) is 76.1 Å². The summed E-state index contributed by atoms with van der Waals surface area (Å²) in [5.74, 6) is 0.813. The zero-order valence-electron chi connectivity index (χ0n) is 14.9. The summed E-state index contributed by atoms with van der Waals surface area (Å²) in [4.78, 5) is 21.1. The summed E-state index contributed by atoms with van der Waals surface area (Å²) < 4.78 is 5.01. The minimum absolute atomic E-state index is 0.290. The number of aryl methyl sites for hydroxylation is 3. The van der Waals surface area contributed by atoms with E-state index in [0.29, 0.717) is 35.5 Å². The number of hydrogen-bond donors (Lipinski definition) is 2. The van der Waals surface area contributed by atoms with Gasteiger partial charge in [0.15, 0.2) is 0 Å². The first-order valence-electron chi connectivity index (χ1n) is 8.07. The summed E-state index contributed by atoms with van der Waals surface area (Å²) in [5.41, 5.74) is 2.84. The van der Waals surface area contributed by atoms with Gasteiger partial charge in [-0.1, -0.05) is 17.7 Å². The number of amides is 1. The summed E-state index contributed by atoms with van der Waals surface area (Å²) >= 11 is 6.26. The molecule has 0 aliphatic carbocycles. The minimum atomic E-state index is -0.320. The highest BCUT2D eigenvalue weighted by atomic mass is 35.5. The lowest BCUT2D eigenvalue weighted by Gasteiger charge is -2.12. The number of aromatic nitrogens is 2. The van der Waals surface area contributed by atoms with E-state index in [2.05, 4.69) is 20.6 Å². The van der Waals surface area contributed by atoms with E-state index >= 15 is 0 Å². The van der Waals surface area contributed by atoms with Crippen molar-refractivity contribution in [2.75, 3.05) is 30.9 Å². The first-order valence-corrected chi connectivity index (χ1v) is 8.45. The SMILES string of the molecule is COCCCNc1cc(C(=O)Nc2c(C)cc(C)cc2Cl)nc(C)n1. The molecule has 0 aliphatic rings. The number of nitrogens with one attached hydrogen (secondary N) is 2. The first-order chi connectivity index (χ1) is 11.9. The average molecular weight is 363 g/mol. The highest BCUT2D eigenvalue weighted by Gasteiger charge is 2.14. The van der Waals surface area contributed by atoms with E-state index in [9.17, 15) is 4.79 Å². The predicted octanol–water partition coefficient (Wildman–Crippen LogP) is 3.76. The number of hydrogen-bond acceptors (Lipinski definition) is 5. The second-order valence-electron chi connectivity index (χ2n) is 5.85. The minimum Gasteiger partial charge on any atom is -0.385 e. The van der Waals surface area contributed by atoms with Gasteiger partial charge >= 0.3 is 0 Å². The number of nitrogens with zero attached hydrogens (tertiary/aromatic N) is 2. The molecule has 6 nitrogen and oxygen atoms in total. The maximum Gasteiger partial charge on any atom is 0.274 e. The molecule has 1 aromatic carbocycles. The van der Waals surface area contributed by atoms with Crippen LogP contribution >= 0.6 is 11.6 Å². The van der Waals surface area contributed by atoms with E-state index in [4.69, 9.17) is 16.3 Å². The van der Waals surface area contributed by atoms with Crippen molar-refractivity contribution in [3.63, 3.8) is 0 Å². The van der Waals surface area contributed by atoms with Crippen LogP contribution in [-0.2, 0) is 4.74 Å². The van der Waals surface area contributed by atoms with E-state index in [0.717, 1.165) is 17.5 Å². The van der Waals surface area contributed by atoms with Crippen molar-refractivity contribution in [3.05, 3.63) is 45.9 Å². The van der Waals surface area contributed by atoms with Crippen LogP contribution in [0.4, 0.5) is 11.5 Å². The van der Waals surface area contributed by atoms with E-state index in [1.54, 1.807) is 20.1 Å². The Labute approximate surface area is 153 Å². The fourth-order valence-electron chi connectivity index (χ4n) is 2.46. The Kier molecular flexibility index (Phi) is 6.73. The van der Waals surface area contributed by atoms with E-state index in [-0.39, 0.29) is 11.6 Å². The average Bonchev–Trinajstić information content (AvgIpc) is 2.54. The number of carbonyl (C=O) groups excluding carboxylic acids is 1. The number of methoxy groups -OCH3 is 1. The van der Waals surface area contributed by atoms with E-state index in [1.165, 1.54) is 0 Å². The van der Waals surface area contributed by atoms with Crippen molar-refractivity contribution in [1.29, 1.82) is 0 Å². The quantitative estimate of drug-likeness (QED) is 0.733. The molecule has 0 spiro atoms. The van der Waals surface area contributed by atoms with Crippen LogP contribution in [-0.4, -0.2) is 36.1 Å². The molecule has 0 saturated carbocycles. The normalized spacial score (nSPS) is 10.6. The van der Waals surface area contributed by atoms with Gasteiger partial charge in [-0.25, -0.2) is 9.97 Å². The number of halogens is 1. The van der Waals surface area contributed by atoms with Crippen LogP contribution in [0.2, 0.25) is 5.02 Å². The number of rotatable bonds is 7. The molecule has 0 radical (unpaired) electrons. The summed E-state index contributed by atoms with van der Waals surface area (Å²) in [6, 6.07) is 5.42. The Morgan fingerprint density at radius 1 is 1.20 bits per heavy atom. The monoisotopic (exact) mass is 362 g/mol. The lowest BCUT2D eigenvalue weighted by Crippen LogP contribution is -2.17. The number of ether oxygens (including phenoxy) is 1. The predicted molar refractivity (Wildman–Crippen MR) is 101 cm³/mol. The molecular formula is C18H23ClN4O2. The van der Waals surface area contributed by atoms with Crippen molar-refractivity contribution in [3.8, 4) is 0 Å². The molecule has 2 N–H and O–H groups in total. The fourth-order valence-corrected chi connectivity index (χ4v) is 2.83. The van der Waals surface area contributed by atoms with E-state index in [1.807, 2.05) is 26.0 Å². The Morgan fingerprint density at radius 3 is 2.64 bits per heavy atom. The summed E-state index contributed by atoms with van der Waals surface area (Å²) in [7, 11) is 1.66. The first kappa shape index (κ1) is 19.1. The molecule has 0 bridgehead atoms. The molecular weight excluding hydrogens is 340 g/mol. The van der Waals surface area contributed by atoms with Gasteiger partial charge in [0, 0.05) is 26.3 Å². The summed E-state index contributed by atoms with van der Waals surface area (Å²) in [6.07, 6.45) is 0.846. The molecule has 1 heterocycles. The van der Waals surface area contributed by atoms with Gasteiger partial charge in [-0.15, -0.1) is 0 Å². The largest absolute Gasteiger partial charge is 0.385 e. The smallest absolute Gasteiger partial charge is 0.274 e. The number of benzene rings is 1. The van der Waals surface area contributed by atoms with Crippen molar-refractivity contribution in [2.24, 2.45) is 0 Å². The van der Waals surface area contributed by atoms with Gasteiger partial charge in [-0.05, 0) is 44.4 Å². The Bertz CT molecular complexity index is 742. The van der Waals surface area contributed by atoms with Crippen LogP contribution in [0.3, 0.4) is 0 Å². The molecule has 25 heavy (non-hydrogen) atoms. The maximum atomic E-state index is 12.6. The number of anilines is 2. The molecule has 0 fully saturated rings. The highest BCUT2D eigenvalue weighted by molar-refractivity contribution is 6.34. The van der Waals surface area contributed by atoms with Gasteiger partial charge in [-0.3, -0.25) is 4.79 Å². The van der Waals surface area contributed by atoms with Gasteiger partial charge in [0.25, 0.3) is 5.91 Å². The maximum absolute atomic E-state index is 12.6. The second-order valence-corrected chi connectivity index (χ2v) is 6.26. The molecule has 2 aromatic rings. The third-order valence-corrected chi connectivity index (χ3v) is 3.87. The standard InChI is InChI=1S/C18H23ClN4O2/c1-11-8-12(2)17(14(19)9-11)23-18(24)15-10-16(22-13(3)21-15)20-6-5-7-25-4/h8-10H,5-7H2,1-4H3,(H,23,24)(H,20,21,22). The third kappa shape index (κ3) is 5.41. The molecule has 0 aliphatic heterocycles. The summed E-state index contributed by atoms with van der Waals surface area (Å²) in [6.45, 7) is 6.98.